The minimum absolute atomic E-state index is 0.0154. The Hall–Kier alpha value is -1.76. The molecule has 1 heteroatoms. The highest BCUT2D eigenvalue weighted by molar-refractivity contribution is 5.65. The maximum Gasteiger partial charge on any atom is 0.0155 e. The molecule has 0 fully saturated rings. The van der Waals surface area contributed by atoms with Crippen LogP contribution in [0.3, 0.4) is 0 Å². The Bertz CT molecular complexity index is 688. The second-order valence-corrected chi connectivity index (χ2v) is 8.42. The Morgan fingerprint density at radius 3 is 2.46 bits per heavy atom. The first-order valence-electron chi connectivity index (χ1n) is 8.86. The van der Waals surface area contributed by atoms with Crippen LogP contribution in [0.15, 0.2) is 71.0 Å². The zero-order valence-electron chi connectivity index (χ0n) is 16.6. The van der Waals surface area contributed by atoms with Gasteiger partial charge < -0.3 is 4.90 Å². The smallest absolute Gasteiger partial charge is 0.0155 e. The molecule has 0 N–H and O–H groups in total. The van der Waals surface area contributed by atoms with Crippen molar-refractivity contribution < 1.29 is 0 Å². The summed E-state index contributed by atoms with van der Waals surface area (Å²) < 4.78 is 0. The van der Waals surface area contributed by atoms with E-state index in [4.69, 9.17) is 0 Å². The van der Waals surface area contributed by atoms with E-state index in [0.717, 1.165) is 18.4 Å². The average molecular weight is 324 g/mol. The van der Waals surface area contributed by atoms with Gasteiger partial charge in [-0.3, -0.25) is 0 Å². The number of rotatable bonds is 4. The van der Waals surface area contributed by atoms with Gasteiger partial charge in [-0.25, -0.2) is 0 Å². The largest absolute Gasteiger partial charge is 0.384 e. The predicted molar refractivity (Wildman–Crippen MR) is 107 cm³/mol. The average Bonchev–Trinajstić information content (AvgIpc) is 2.68. The van der Waals surface area contributed by atoms with Crippen molar-refractivity contribution in [1.29, 1.82) is 0 Å². The molecule has 1 nitrogen and oxygen atoms in total. The van der Waals surface area contributed by atoms with E-state index in [9.17, 15) is 0 Å². The normalized spacial score (nSPS) is 22.2. The van der Waals surface area contributed by atoms with E-state index in [-0.39, 0.29) is 10.8 Å². The molecule has 0 aromatic rings. The van der Waals surface area contributed by atoms with E-state index in [1.165, 1.54) is 27.9 Å². The van der Waals surface area contributed by atoms with Gasteiger partial charge in [0.2, 0.25) is 0 Å². The molecule has 0 aliphatic heterocycles. The van der Waals surface area contributed by atoms with Gasteiger partial charge in [0.15, 0.2) is 0 Å². The lowest BCUT2D eigenvalue weighted by Gasteiger charge is -2.30. The number of hydrogen-bond acceptors (Lipinski definition) is 1. The van der Waals surface area contributed by atoms with Gasteiger partial charge in [0, 0.05) is 24.9 Å². The van der Waals surface area contributed by atoms with E-state index in [1.54, 1.807) is 0 Å². The first-order valence-corrected chi connectivity index (χ1v) is 8.86. The third-order valence-electron chi connectivity index (χ3n) is 5.77. The van der Waals surface area contributed by atoms with Crippen LogP contribution in [0.2, 0.25) is 0 Å². The molecule has 2 aliphatic rings. The Labute approximate surface area is 148 Å². The summed E-state index contributed by atoms with van der Waals surface area (Å²) in [5.41, 5.74) is 7.82. The van der Waals surface area contributed by atoms with Gasteiger partial charge in [-0.05, 0) is 59.4 Å². The Morgan fingerprint density at radius 2 is 1.92 bits per heavy atom. The summed E-state index contributed by atoms with van der Waals surface area (Å²) in [6.07, 6.45) is 11.3. The lowest BCUT2D eigenvalue weighted by atomic mass is 9.74. The van der Waals surface area contributed by atoms with E-state index in [1.807, 2.05) is 0 Å². The fourth-order valence-electron chi connectivity index (χ4n) is 3.67. The molecule has 0 saturated carbocycles. The molecule has 0 amide bonds. The predicted octanol–water partition coefficient (Wildman–Crippen LogP) is 6.20. The summed E-state index contributed by atoms with van der Waals surface area (Å²) in [6.45, 7) is 20.1. The zero-order valence-corrected chi connectivity index (χ0v) is 16.6. The molecule has 2 rings (SSSR count). The summed E-state index contributed by atoms with van der Waals surface area (Å²) in [5.74, 6) is 0. The molecule has 0 heterocycles. The second kappa shape index (κ2) is 6.27. The topological polar surface area (TPSA) is 3.24 Å². The van der Waals surface area contributed by atoms with Crippen LogP contribution in [0.25, 0.3) is 0 Å². The van der Waals surface area contributed by atoms with E-state index in [2.05, 4.69) is 91.2 Å². The number of nitrogens with zero attached hydrogens (tertiary/aromatic N) is 1. The van der Waals surface area contributed by atoms with Crippen molar-refractivity contribution in [1.82, 2.24) is 4.90 Å². The van der Waals surface area contributed by atoms with Crippen LogP contribution in [-0.4, -0.2) is 19.0 Å². The summed E-state index contributed by atoms with van der Waals surface area (Å²) in [4.78, 5) is 2.10. The molecule has 2 aliphatic carbocycles. The highest BCUT2D eigenvalue weighted by atomic mass is 15.0. The highest BCUT2D eigenvalue weighted by Gasteiger charge is 2.39. The van der Waals surface area contributed by atoms with Crippen molar-refractivity contribution in [2.45, 2.75) is 47.5 Å². The zero-order chi connectivity index (χ0) is 18.3. The molecule has 0 unspecified atom stereocenters. The van der Waals surface area contributed by atoms with Crippen LogP contribution in [0.5, 0.6) is 0 Å². The molecular formula is C23H33N. The molecule has 0 spiro atoms. The van der Waals surface area contributed by atoms with E-state index < -0.39 is 0 Å². The highest BCUT2D eigenvalue weighted by Crippen LogP contribution is 2.53. The Balaban J connectivity index is 2.40. The van der Waals surface area contributed by atoms with Crippen molar-refractivity contribution in [3.63, 3.8) is 0 Å². The van der Waals surface area contributed by atoms with Crippen molar-refractivity contribution in [3.8, 4) is 0 Å². The van der Waals surface area contributed by atoms with Gasteiger partial charge in [-0.1, -0.05) is 59.1 Å². The molecule has 0 aromatic heterocycles. The van der Waals surface area contributed by atoms with E-state index in [0.29, 0.717) is 0 Å². The summed E-state index contributed by atoms with van der Waals surface area (Å²) >= 11 is 0. The molecule has 0 radical (unpaired) electrons. The van der Waals surface area contributed by atoms with Crippen molar-refractivity contribution in [2.75, 3.05) is 14.1 Å². The lowest BCUT2D eigenvalue weighted by molar-refractivity contribution is 0.499. The minimum atomic E-state index is -0.0768. The van der Waals surface area contributed by atoms with Crippen molar-refractivity contribution >= 4 is 0 Å². The van der Waals surface area contributed by atoms with Crippen molar-refractivity contribution in [3.05, 3.63) is 71.0 Å². The van der Waals surface area contributed by atoms with Crippen LogP contribution in [0, 0.1) is 10.8 Å². The van der Waals surface area contributed by atoms with Gasteiger partial charge in [0.1, 0.15) is 0 Å². The van der Waals surface area contributed by atoms with Crippen LogP contribution >= 0.6 is 0 Å². The maximum absolute atomic E-state index is 4.42. The van der Waals surface area contributed by atoms with Crippen LogP contribution in [-0.2, 0) is 0 Å². The molecular weight excluding hydrogens is 290 g/mol. The summed E-state index contributed by atoms with van der Waals surface area (Å²) in [7, 11) is 4.13. The van der Waals surface area contributed by atoms with Gasteiger partial charge >= 0.3 is 0 Å². The molecule has 0 aromatic carbocycles. The fraction of sp³-hybridized carbons (Fsp3) is 0.478. The Kier molecular flexibility index (Phi) is 4.86. The first-order chi connectivity index (χ1) is 11.0. The minimum Gasteiger partial charge on any atom is -0.384 e. The Morgan fingerprint density at radius 1 is 1.29 bits per heavy atom. The van der Waals surface area contributed by atoms with Crippen LogP contribution < -0.4 is 0 Å². The van der Waals surface area contributed by atoms with Crippen LogP contribution in [0.4, 0.5) is 0 Å². The SMILES string of the molecule is C=C1C2=C(C=CCC2)C(C)(C)/C1=C/C(=C)C(C)(C)/C(C)=C/N(C)C. The van der Waals surface area contributed by atoms with Gasteiger partial charge in [0.05, 0.1) is 0 Å². The second-order valence-electron chi connectivity index (χ2n) is 8.42. The van der Waals surface area contributed by atoms with Crippen molar-refractivity contribution in [2.24, 2.45) is 10.8 Å². The standard InChI is InChI=1S/C23H33N/c1-16(22(4,5)17(2)15-24(8)9)14-21-18(3)19-12-10-11-13-20(19)23(21,6)7/h11,13-15H,1,3,10,12H2,2,4-9H3/b17-15+,21-14+. The molecule has 0 bridgehead atoms. The summed E-state index contributed by atoms with van der Waals surface area (Å²) in [5, 5.41) is 0. The monoisotopic (exact) mass is 323 g/mol. The van der Waals surface area contributed by atoms with Gasteiger partial charge in [0.25, 0.3) is 0 Å². The van der Waals surface area contributed by atoms with Gasteiger partial charge in [-0.2, -0.15) is 0 Å². The molecule has 24 heavy (non-hydrogen) atoms. The third-order valence-corrected chi connectivity index (χ3v) is 5.77. The van der Waals surface area contributed by atoms with Gasteiger partial charge in [-0.15, -0.1) is 0 Å². The lowest BCUT2D eigenvalue weighted by Crippen LogP contribution is -2.19. The third kappa shape index (κ3) is 3.09. The van der Waals surface area contributed by atoms with Crippen LogP contribution in [0.1, 0.15) is 47.5 Å². The molecule has 0 saturated heterocycles. The summed E-state index contributed by atoms with van der Waals surface area (Å²) in [6, 6.07) is 0. The molecule has 0 atom stereocenters. The molecule has 130 valence electrons. The first kappa shape index (κ1) is 18.6. The number of hydrogen-bond donors (Lipinski definition) is 0. The quantitative estimate of drug-likeness (QED) is 0.595. The van der Waals surface area contributed by atoms with E-state index >= 15 is 0 Å². The maximum atomic E-state index is 4.42. The fourth-order valence-corrected chi connectivity index (χ4v) is 3.67. The number of allylic oxidation sites excluding steroid dienone is 9.